The van der Waals surface area contributed by atoms with Crippen LogP contribution in [0.3, 0.4) is 0 Å². The second-order valence-corrected chi connectivity index (χ2v) is 8.48. The van der Waals surface area contributed by atoms with Gasteiger partial charge in [0.15, 0.2) is 5.69 Å². The minimum Gasteiger partial charge on any atom is -0.342 e. The van der Waals surface area contributed by atoms with Gasteiger partial charge in [0.1, 0.15) is 5.69 Å². The van der Waals surface area contributed by atoms with Gasteiger partial charge in [0.05, 0.1) is 17.4 Å². The van der Waals surface area contributed by atoms with Crippen molar-refractivity contribution in [1.29, 1.82) is 0 Å². The van der Waals surface area contributed by atoms with E-state index in [1.165, 1.54) is 7.05 Å². The Bertz CT molecular complexity index is 1160. The molecule has 3 aromatic rings. The molecule has 0 saturated heterocycles. The fourth-order valence-electron chi connectivity index (χ4n) is 4.20. The Morgan fingerprint density at radius 1 is 1.12 bits per heavy atom. The maximum Gasteiger partial charge on any atom is 0.435 e. The lowest BCUT2D eigenvalue weighted by molar-refractivity contribution is -0.141. The topological polar surface area (TPSA) is 77.6 Å². The van der Waals surface area contributed by atoms with Gasteiger partial charge in [-0.2, -0.15) is 23.4 Å². The summed E-state index contributed by atoms with van der Waals surface area (Å²) in [5.41, 5.74) is 2.51. The van der Waals surface area contributed by atoms with Gasteiger partial charge in [0, 0.05) is 43.0 Å². The van der Waals surface area contributed by atoms with E-state index in [0.29, 0.717) is 12.3 Å². The van der Waals surface area contributed by atoms with Crippen molar-refractivity contribution < 1.29 is 18.0 Å². The zero-order chi connectivity index (χ0) is 22.5. The lowest BCUT2D eigenvalue weighted by atomic mass is 10.1. The van der Waals surface area contributed by atoms with Crippen molar-refractivity contribution in [3.8, 4) is 11.3 Å². The molecule has 2 aliphatic rings. The first-order valence-electron chi connectivity index (χ1n) is 10.8. The van der Waals surface area contributed by atoms with Gasteiger partial charge in [-0.05, 0) is 50.3 Å². The first-order chi connectivity index (χ1) is 15.3. The molecule has 1 saturated carbocycles. The predicted octanol–water partition coefficient (Wildman–Crippen LogP) is 4.23. The maximum absolute atomic E-state index is 13.0. The zero-order valence-electron chi connectivity index (χ0n) is 17.6. The maximum atomic E-state index is 13.0. The highest BCUT2D eigenvalue weighted by Gasteiger charge is 2.36. The van der Waals surface area contributed by atoms with Crippen LogP contribution >= 0.6 is 0 Å². The number of rotatable bonds is 4. The van der Waals surface area contributed by atoms with Gasteiger partial charge in [-0.1, -0.05) is 0 Å². The highest BCUT2D eigenvalue weighted by Crippen LogP contribution is 2.40. The highest BCUT2D eigenvalue weighted by molar-refractivity contribution is 5.93. The van der Waals surface area contributed by atoms with Gasteiger partial charge < -0.3 is 5.32 Å². The fourth-order valence-corrected chi connectivity index (χ4v) is 4.20. The van der Waals surface area contributed by atoms with Crippen LogP contribution in [-0.4, -0.2) is 30.5 Å². The molecule has 1 amide bonds. The molecule has 3 aromatic heterocycles. The molecule has 0 spiro atoms. The SMILES string of the molecule is Cn1nc(C(F)(F)F)cc1C(=O)NC1CCCCn2nc(-c3ccnc(C4CC4)c3)cc21. The summed E-state index contributed by atoms with van der Waals surface area (Å²) >= 11 is 0. The minimum absolute atomic E-state index is 0.129. The monoisotopic (exact) mass is 444 g/mol. The smallest absolute Gasteiger partial charge is 0.342 e. The van der Waals surface area contributed by atoms with Crippen molar-refractivity contribution in [3.05, 3.63) is 53.2 Å². The largest absolute Gasteiger partial charge is 0.435 e. The zero-order valence-corrected chi connectivity index (χ0v) is 17.6. The third kappa shape index (κ3) is 4.01. The number of nitrogens with zero attached hydrogens (tertiary/aromatic N) is 5. The summed E-state index contributed by atoms with van der Waals surface area (Å²) in [6.07, 6.45) is 1.99. The number of amides is 1. The van der Waals surface area contributed by atoms with Crippen LogP contribution in [0.2, 0.25) is 0 Å². The Balaban J connectivity index is 1.41. The second kappa shape index (κ2) is 7.75. The van der Waals surface area contributed by atoms with Gasteiger partial charge >= 0.3 is 6.18 Å². The molecule has 0 radical (unpaired) electrons. The molecule has 1 unspecified atom stereocenters. The number of hydrogen-bond acceptors (Lipinski definition) is 4. The molecule has 1 N–H and O–H groups in total. The molecular weight excluding hydrogens is 421 g/mol. The molecule has 4 heterocycles. The van der Waals surface area contributed by atoms with Gasteiger partial charge in [-0.15, -0.1) is 0 Å². The molecule has 0 bridgehead atoms. The molecule has 5 rings (SSSR count). The first-order valence-corrected chi connectivity index (χ1v) is 10.8. The lowest BCUT2D eigenvalue weighted by Crippen LogP contribution is -2.30. The number of alkyl halides is 3. The normalized spacial score (nSPS) is 18.8. The Labute approximate surface area is 182 Å². The summed E-state index contributed by atoms with van der Waals surface area (Å²) in [6, 6.07) is 6.40. The van der Waals surface area contributed by atoms with Gasteiger partial charge in [-0.25, -0.2) is 0 Å². The number of hydrogen-bond donors (Lipinski definition) is 1. The molecule has 7 nitrogen and oxygen atoms in total. The fraction of sp³-hybridized carbons (Fsp3) is 0.455. The number of halogens is 3. The van der Waals surface area contributed by atoms with E-state index >= 15 is 0 Å². The van der Waals surface area contributed by atoms with E-state index in [0.717, 1.165) is 65.6 Å². The van der Waals surface area contributed by atoms with Crippen LogP contribution in [0, 0.1) is 0 Å². The molecule has 1 atom stereocenters. The predicted molar refractivity (Wildman–Crippen MR) is 110 cm³/mol. The summed E-state index contributed by atoms with van der Waals surface area (Å²) in [5.74, 6) is -0.0560. The second-order valence-electron chi connectivity index (χ2n) is 8.48. The van der Waals surface area contributed by atoms with Gasteiger partial charge in [0.25, 0.3) is 5.91 Å². The van der Waals surface area contributed by atoms with Gasteiger partial charge in [-0.3, -0.25) is 19.1 Å². The van der Waals surface area contributed by atoms with Crippen molar-refractivity contribution >= 4 is 5.91 Å². The van der Waals surface area contributed by atoms with E-state index in [1.54, 1.807) is 6.20 Å². The number of aromatic nitrogens is 5. The molecule has 168 valence electrons. The number of aryl methyl sites for hydroxylation is 2. The van der Waals surface area contributed by atoms with E-state index < -0.39 is 17.8 Å². The Morgan fingerprint density at radius 2 is 1.94 bits per heavy atom. The van der Waals surface area contributed by atoms with Crippen LogP contribution in [0.1, 0.15) is 71.6 Å². The Kier molecular flexibility index (Phi) is 5.02. The number of carbonyl (C=O) groups is 1. The minimum atomic E-state index is -4.60. The molecular formula is C22H23F3N6O. The van der Waals surface area contributed by atoms with E-state index in [1.807, 2.05) is 16.8 Å². The van der Waals surface area contributed by atoms with E-state index in [2.05, 4.69) is 21.5 Å². The summed E-state index contributed by atoms with van der Waals surface area (Å²) in [6.45, 7) is 0.728. The molecule has 1 aliphatic heterocycles. The van der Waals surface area contributed by atoms with Crippen molar-refractivity contribution in [1.82, 2.24) is 29.9 Å². The van der Waals surface area contributed by atoms with E-state index in [-0.39, 0.29) is 11.7 Å². The number of nitrogens with one attached hydrogen (secondary N) is 1. The van der Waals surface area contributed by atoms with Crippen molar-refractivity contribution in [3.63, 3.8) is 0 Å². The molecule has 0 aromatic carbocycles. The van der Waals surface area contributed by atoms with Crippen LogP contribution < -0.4 is 5.32 Å². The number of pyridine rings is 1. The number of fused-ring (bicyclic) bond motifs is 1. The molecule has 10 heteroatoms. The van der Waals surface area contributed by atoms with Crippen LogP contribution in [0.4, 0.5) is 13.2 Å². The van der Waals surface area contributed by atoms with Crippen LogP contribution in [0.15, 0.2) is 30.5 Å². The standard InChI is InChI=1S/C22H23F3N6O/c1-30-19(12-20(29-30)22(23,24)25)21(32)27-15-4-2-3-9-31-18(15)11-17(28-31)14-7-8-26-16(10-14)13-5-6-13/h7-8,10-13,15H,2-6,9H2,1H3,(H,27,32). The number of carbonyl (C=O) groups excluding carboxylic acids is 1. The van der Waals surface area contributed by atoms with Crippen molar-refractivity contribution in [2.45, 2.75) is 56.8 Å². The van der Waals surface area contributed by atoms with E-state index in [9.17, 15) is 18.0 Å². The van der Waals surface area contributed by atoms with Crippen molar-refractivity contribution in [2.75, 3.05) is 0 Å². The van der Waals surface area contributed by atoms with E-state index in [4.69, 9.17) is 5.10 Å². The molecule has 32 heavy (non-hydrogen) atoms. The summed E-state index contributed by atoms with van der Waals surface area (Å²) in [5, 5.41) is 11.1. The average Bonchev–Trinajstić information content (AvgIpc) is 3.44. The summed E-state index contributed by atoms with van der Waals surface area (Å²) in [4.78, 5) is 17.3. The third-order valence-corrected chi connectivity index (χ3v) is 6.06. The third-order valence-electron chi connectivity index (χ3n) is 6.06. The Morgan fingerprint density at radius 3 is 2.66 bits per heavy atom. The quantitative estimate of drug-likeness (QED) is 0.653. The first kappa shape index (κ1) is 20.7. The van der Waals surface area contributed by atoms with Crippen LogP contribution in [-0.2, 0) is 19.8 Å². The summed E-state index contributed by atoms with van der Waals surface area (Å²) < 4.78 is 41.8. The molecule has 1 fully saturated rings. The lowest BCUT2D eigenvalue weighted by Gasteiger charge is -2.17. The van der Waals surface area contributed by atoms with Crippen LogP contribution in [0.5, 0.6) is 0 Å². The highest BCUT2D eigenvalue weighted by atomic mass is 19.4. The average molecular weight is 444 g/mol. The van der Waals surface area contributed by atoms with Crippen LogP contribution in [0.25, 0.3) is 11.3 Å². The Hall–Kier alpha value is -3.17. The van der Waals surface area contributed by atoms with Gasteiger partial charge in [0.2, 0.25) is 0 Å². The summed E-state index contributed by atoms with van der Waals surface area (Å²) in [7, 11) is 1.33. The van der Waals surface area contributed by atoms with Crippen molar-refractivity contribution in [2.24, 2.45) is 7.05 Å². The molecule has 1 aliphatic carbocycles.